The van der Waals surface area contributed by atoms with Crippen LogP contribution in [0.5, 0.6) is 0 Å². The minimum Gasteiger partial charge on any atom is -0.375 e. The molecule has 0 saturated carbocycles. The Morgan fingerprint density at radius 3 is 2.43 bits per heavy atom. The van der Waals surface area contributed by atoms with Gasteiger partial charge >= 0.3 is 0 Å². The summed E-state index contributed by atoms with van der Waals surface area (Å²) in [5.41, 5.74) is 1.32. The summed E-state index contributed by atoms with van der Waals surface area (Å²) in [4.78, 5) is 13.1. The fraction of sp³-hybridized carbons (Fsp3) is 0.130. The number of aryl methyl sites for hydroxylation is 1. The molecule has 140 valence electrons. The molecule has 3 rings (SSSR count). The molecule has 1 unspecified atom stereocenters. The molecule has 0 spiro atoms. The van der Waals surface area contributed by atoms with Gasteiger partial charge in [0.1, 0.15) is 6.07 Å². The van der Waals surface area contributed by atoms with Gasteiger partial charge in [-0.25, -0.2) is 0 Å². The number of carbonyl (C=O) groups excluding carboxylic acids is 1. The van der Waals surface area contributed by atoms with Gasteiger partial charge in [0.2, 0.25) is 0 Å². The number of aliphatic hydroxyl groups is 1. The fourth-order valence-electron chi connectivity index (χ4n) is 3.03. The third kappa shape index (κ3) is 4.07. The largest absolute Gasteiger partial charge is 0.375 e. The number of nitriles is 1. The van der Waals surface area contributed by atoms with Gasteiger partial charge in [-0.3, -0.25) is 4.79 Å². The van der Waals surface area contributed by atoms with Crippen molar-refractivity contribution in [3.05, 3.63) is 100 Å². The highest BCUT2D eigenvalue weighted by Gasteiger charge is 2.38. The monoisotopic (exact) mass is 390 g/mol. The highest BCUT2D eigenvalue weighted by Crippen LogP contribution is 2.30. The van der Waals surface area contributed by atoms with Crippen molar-refractivity contribution in [2.45, 2.75) is 18.9 Å². The third-order valence-corrected chi connectivity index (χ3v) is 4.99. The average Bonchev–Trinajstić information content (AvgIpc) is 2.70. The Morgan fingerprint density at radius 1 is 1.11 bits per heavy atom. The second kappa shape index (κ2) is 8.26. The van der Waals surface area contributed by atoms with E-state index < -0.39 is 11.5 Å². The van der Waals surface area contributed by atoms with E-state index >= 15 is 0 Å². The predicted molar refractivity (Wildman–Crippen MR) is 110 cm³/mol. The minimum absolute atomic E-state index is 0.125. The molecule has 3 aromatic carbocycles. The molecule has 28 heavy (non-hydrogen) atoms. The summed E-state index contributed by atoms with van der Waals surface area (Å²) in [7, 11) is 0. The summed E-state index contributed by atoms with van der Waals surface area (Å²) in [6, 6.07) is 23.1. The van der Waals surface area contributed by atoms with Crippen molar-refractivity contribution in [2.24, 2.45) is 0 Å². The van der Waals surface area contributed by atoms with E-state index in [0.717, 1.165) is 11.1 Å². The molecule has 0 fully saturated rings. The second-order valence-electron chi connectivity index (χ2n) is 6.59. The lowest BCUT2D eigenvalue weighted by molar-refractivity contribution is -0.135. The van der Waals surface area contributed by atoms with Gasteiger partial charge < -0.3 is 10.4 Å². The van der Waals surface area contributed by atoms with Gasteiger partial charge in [-0.15, -0.1) is 0 Å². The zero-order valence-electron chi connectivity index (χ0n) is 15.3. The third-order valence-electron chi connectivity index (χ3n) is 4.68. The van der Waals surface area contributed by atoms with Crippen molar-refractivity contribution in [3.8, 4) is 6.07 Å². The van der Waals surface area contributed by atoms with Crippen molar-refractivity contribution in [1.82, 2.24) is 0 Å². The number of hydrogen-bond donors (Lipinski definition) is 2. The molecule has 0 saturated heterocycles. The van der Waals surface area contributed by atoms with E-state index in [9.17, 15) is 9.90 Å². The highest BCUT2D eigenvalue weighted by molar-refractivity contribution is 6.32. The first-order valence-corrected chi connectivity index (χ1v) is 9.15. The molecule has 0 radical (unpaired) electrons. The molecule has 0 aliphatic carbocycles. The van der Waals surface area contributed by atoms with E-state index in [1.54, 1.807) is 30.3 Å². The zero-order chi connectivity index (χ0) is 20.1. The summed E-state index contributed by atoms with van der Waals surface area (Å²) >= 11 is 6.06. The number of halogens is 1. The number of benzene rings is 3. The maximum Gasteiger partial charge on any atom is 0.261 e. The van der Waals surface area contributed by atoms with E-state index in [1.165, 1.54) is 12.1 Å². The summed E-state index contributed by atoms with van der Waals surface area (Å²) in [5, 5.41) is 23.4. The number of rotatable bonds is 5. The number of hydrogen-bond acceptors (Lipinski definition) is 3. The first kappa shape index (κ1) is 19.6. The maximum atomic E-state index is 13.1. The van der Waals surface area contributed by atoms with E-state index in [4.69, 9.17) is 16.9 Å². The van der Waals surface area contributed by atoms with Crippen LogP contribution in [0, 0.1) is 18.3 Å². The van der Waals surface area contributed by atoms with Crippen LogP contribution >= 0.6 is 11.6 Å². The lowest BCUT2D eigenvalue weighted by atomic mass is 9.85. The number of nitrogens with zero attached hydrogens (tertiary/aromatic N) is 1. The van der Waals surface area contributed by atoms with Crippen molar-refractivity contribution in [3.63, 3.8) is 0 Å². The van der Waals surface area contributed by atoms with Gasteiger partial charge in [0.05, 0.1) is 10.6 Å². The topological polar surface area (TPSA) is 73.1 Å². The quantitative estimate of drug-likeness (QED) is 0.669. The smallest absolute Gasteiger partial charge is 0.261 e. The van der Waals surface area contributed by atoms with Crippen molar-refractivity contribution < 1.29 is 9.90 Å². The van der Waals surface area contributed by atoms with E-state index in [1.807, 2.05) is 43.3 Å². The summed E-state index contributed by atoms with van der Waals surface area (Å²) in [6.45, 7) is 1.94. The normalized spacial score (nSPS) is 12.6. The van der Waals surface area contributed by atoms with Crippen LogP contribution in [0.2, 0.25) is 5.02 Å². The van der Waals surface area contributed by atoms with Crippen LogP contribution in [-0.2, 0) is 16.8 Å². The number of anilines is 1. The van der Waals surface area contributed by atoms with Gasteiger partial charge in [-0.2, -0.15) is 5.26 Å². The van der Waals surface area contributed by atoms with E-state index in [0.29, 0.717) is 16.8 Å². The van der Waals surface area contributed by atoms with Crippen LogP contribution in [0.1, 0.15) is 22.3 Å². The molecule has 2 N–H and O–H groups in total. The van der Waals surface area contributed by atoms with Gasteiger partial charge in [-0.1, -0.05) is 66.2 Å². The van der Waals surface area contributed by atoms with Gasteiger partial charge in [0, 0.05) is 12.1 Å². The maximum absolute atomic E-state index is 13.1. The fourth-order valence-corrected chi connectivity index (χ4v) is 3.25. The lowest BCUT2D eigenvalue weighted by Crippen LogP contribution is -2.42. The molecule has 1 amide bonds. The van der Waals surface area contributed by atoms with Gasteiger partial charge in [0.15, 0.2) is 5.60 Å². The Labute approximate surface area is 169 Å². The Morgan fingerprint density at radius 2 is 1.79 bits per heavy atom. The Bertz CT molecular complexity index is 1040. The number of nitrogens with one attached hydrogen (secondary N) is 1. The Kier molecular flexibility index (Phi) is 5.79. The molecule has 5 heteroatoms. The first-order valence-electron chi connectivity index (χ1n) is 8.77. The predicted octanol–water partition coefficient (Wildman–Crippen LogP) is 4.59. The van der Waals surface area contributed by atoms with E-state index in [-0.39, 0.29) is 11.4 Å². The number of amides is 1. The van der Waals surface area contributed by atoms with Crippen LogP contribution in [0.15, 0.2) is 72.8 Å². The van der Waals surface area contributed by atoms with Crippen LogP contribution in [0.4, 0.5) is 5.69 Å². The molecular weight excluding hydrogens is 372 g/mol. The van der Waals surface area contributed by atoms with E-state index in [2.05, 4.69) is 5.32 Å². The summed E-state index contributed by atoms with van der Waals surface area (Å²) in [6.07, 6.45) is 0.125. The molecule has 0 aromatic heterocycles. The molecule has 0 aliphatic heterocycles. The second-order valence-corrected chi connectivity index (χ2v) is 7.00. The minimum atomic E-state index is -1.77. The van der Waals surface area contributed by atoms with Gasteiger partial charge in [0.25, 0.3) is 5.91 Å². The summed E-state index contributed by atoms with van der Waals surface area (Å²) < 4.78 is 0. The highest BCUT2D eigenvalue weighted by atomic mass is 35.5. The SMILES string of the molecule is Cc1ccccc1CC(O)(C(=O)Nc1ccc(C#N)c(Cl)c1)c1ccccc1. The molecule has 0 bridgehead atoms. The molecule has 3 aromatic rings. The number of carbonyl (C=O) groups is 1. The zero-order valence-corrected chi connectivity index (χ0v) is 16.1. The van der Waals surface area contributed by atoms with Crippen LogP contribution in [-0.4, -0.2) is 11.0 Å². The van der Waals surface area contributed by atoms with Crippen molar-refractivity contribution >= 4 is 23.2 Å². The first-order chi connectivity index (χ1) is 13.4. The standard InChI is InChI=1S/C23H19ClN2O2/c1-16-7-5-6-8-17(16)14-23(28,19-9-3-2-4-10-19)22(27)26-20-12-11-18(15-25)21(24)13-20/h2-13,28H,14H2,1H3,(H,26,27). The Hall–Kier alpha value is -3.13. The van der Waals surface area contributed by atoms with Crippen molar-refractivity contribution in [1.29, 1.82) is 5.26 Å². The lowest BCUT2D eigenvalue weighted by Gasteiger charge is -2.28. The summed E-state index contributed by atoms with van der Waals surface area (Å²) in [5.74, 6) is -0.567. The molecule has 1 atom stereocenters. The van der Waals surface area contributed by atoms with Crippen LogP contribution in [0.25, 0.3) is 0 Å². The average molecular weight is 391 g/mol. The van der Waals surface area contributed by atoms with Crippen LogP contribution < -0.4 is 5.32 Å². The molecule has 0 heterocycles. The Balaban J connectivity index is 1.97. The van der Waals surface area contributed by atoms with Crippen LogP contribution in [0.3, 0.4) is 0 Å². The molecule has 4 nitrogen and oxygen atoms in total. The molecule has 0 aliphatic rings. The molecular formula is C23H19ClN2O2. The van der Waals surface area contributed by atoms with Gasteiger partial charge in [-0.05, 0) is 41.8 Å². The van der Waals surface area contributed by atoms with Crippen molar-refractivity contribution in [2.75, 3.05) is 5.32 Å².